The second kappa shape index (κ2) is 3.25. The van der Waals surface area contributed by atoms with Crippen LogP contribution in [0.15, 0.2) is 17.1 Å². The maximum absolute atomic E-state index is 3.90. The second-order valence-corrected chi connectivity index (χ2v) is 2.17. The highest BCUT2D eigenvalue weighted by Gasteiger charge is 1.84. The normalized spacial score (nSPS) is 8.25. The molecule has 0 saturated carbocycles. The quantitative estimate of drug-likeness (QED) is 0.677. The van der Waals surface area contributed by atoms with E-state index in [1.54, 1.807) is 6.33 Å². The molecule has 0 aliphatic heterocycles. The summed E-state index contributed by atoms with van der Waals surface area (Å²) in [6.07, 6.45) is 3.63. The molecule has 0 bridgehead atoms. The summed E-state index contributed by atoms with van der Waals surface area (Å²) in [6.45, 7) is 0. The van der Waals surface area contributed by atoms with Gasteiger partial charge >= 0.3 is 0 Å². The molecule has 0 aliphatic carbocycles. The van der Waals surface area contributed by atoms with Crippen molar-refractivity contribution in [2.45, 2.75) is 0 Å². The molecule has 0 unspecified atom stereocenters. The zero-order chi connectivity index (χ0) is 5.28. The van der Waals surface area contributed by atoms with Crippen molar-refractivity contribution in [3.05, 3.63) is 17.1 Å². The molecule has 0 aliphatic rings. The Bertz CT molecular complexity index is 144. The molecule has 1 aromatic rings. The van der Waals surface area contributed by atoms with Crippen molar-refractivity contribution in [3.8, 4) is 0 Å². The largest absolute Gasteiger partial charge is 0.339 e. The first-order chi connectivity index (χ1) is 3.29. The molecule has 1 heterocycles. The minimum absolute atomic E-state index is 0. The number of imidazole rings is 1. The smallest absolute Gasteiger partial charge is 0.124 e. The van der Waals surface area contributed by atoms with Gasteiger partial charge in [-0.25, -0.2) is 4.98 Å². The first-order valence-corrected chi connectivity index (χ1v) is 2.72. The van der Waals surface area contributed by atoms with Crippen LogP contribution in [0.4, 0.5) is 0 Å². The van der Waals surface area contributed by atoms with Crippen molar-refractivity contribution in [2.75, 3.05) is 0 Å². The highest BCUT2D eigenvalue weighted by Crippen LogP contribution is 2.01. The van der Waals surface area contributed by atoms with E-state index in [0.29, 0.717) is 0 Å². The molecule has 0 amide bonds. The van der Waals surface area contributed by atoms with E-state index in [9.17, 15) is 0 Å². The van der Waals surface area contributed by atoms with Gasteiger partial charge in [-0.05, 0) is 15.9 Å². The zero-order valence-electron chi connectivity index (χ0n) is 4.34. The van der Waals surface area contributed by atoms with E-state index in [4.69, 9.17) is 0 Å². The summed E-state index contributed by atoms with van der Waals surface area (Å²) in [4.78, 5) is 3.90. The summed E-state index contributed by atoms with van der Waals surface area (Å²) in [5.41, 5.74) is 0. The van der Waals surface area contributed by atoms with Crippen LogP contribution in [0.1, 0.15) is 0 Å². The third kappa shape index (κ3) is 1.96. The van der Waals surface area contributed by atoms with Gasteiger partial charge in [-0.15, -0.1) is 17.0 Å². The molecule has 0 atom stereocenters. The summed E-state index contributed by atoms with van der Waals surface area (Å²) in [6, 6.07) is 0. The number of aromatic nitrogens is 2. The summed E-state index contributed by atoms with van der Waals surface area (Å²) in [5.74, 6) is 0. The average molecular weight is 242 g/mol. The summed E-state index contributed by atoms with van der Waals surface area (Å²) >= 11 is 3.20. The molecule has 0 spiro atoms. The third-order valence-electron chi connectivity index (χ3n) is 0.673. The van der Waals surface area contributed by atoms with Gasteiger partial charge < -0.3 is 4.57 Å². The Hall–Kier alpha value is 0.170. The molecule has 0 aromatic carbocycles. The standard InChI is InChI=1S/C4H5BrN2.BrH/c1-7-2-4(5)6-3-7;/h2-3H,1H3;1H. The maximum Gasteiger partial charge on any atom is 0.124 e. The lowest BCUT2D eigenvalue weighted by molar-refractivity contribution is 0.913. The van der Waals surface area contributed by atoms with Gasteiger partial charge in [0.25, 0.3) is 0 Å². The molecule has 0 saturated heterocycles. The lowest BCUT2D eigenvalue weighted by Gasteiger charge is -1.77. The Morgan fingerprint density at radius 3 is 2.50 bits per heavy atom. The predicted octanol–water partition coefficient (Wildman–Crippen LogP) is 1.76. The third-order valence-corrected chi connectivity index (χ3v) is 1.08. The van der Waals surface area contributed by atoms with E-state index in [2.05, 4.69) is 20.9 Å². The van der Waals surface area contributed by atoms with Crippen molar-refractivity contribution < 1.29 is 0 Å². The fourth-order valence-corrected chi connectivity index (χ4v) is 0.795. The summed E-state index contributed by atoms with van der Waals surface area (Å²) < 4.78 is 2.76. The Morgan fingerprint density at radius 2 is 2.38 bits per heavy atom. The molecule has 0 fully saturated rings. The van der Waals surface area contributed by atoms with Gasteiger partial charge in [-0.3, -0.25) is 0 Å². The van der Waals surface area contributed by atoms with Crippen LogP contribution in [0.3, 0.4) is 0 Å². The first kappa shape index (κ1) is 8.17. The molecule has 2 nitrogen and oxygen atoms in total. The summed E-state index contributed by atoms with van der Waals surface area (Å²) in [5, 5.41) is 0. The van der Waals surface area contributed by atoms with Crippen LogP contribution >= 0.6 is 32.9 Å². The molecule has 0 radical (unpaired) electrons. The van der Waals surface area contributed by atoms with Crippen LogP contribution in [0, 0.1) is 0 Å². The fraction of sp³-hybridized carbons (Fsp3) is 0.250. The molecular formula is C4H6Br2N2. The predicted molar refractivity (Wildman–Crippen MR) is 41.2 cm³/mol. The highest BCUT2D eigenvalue weighted by atomic mass is 79.9. The Balaban J connectivity index is 0.000000490. The Kier molecular flexibility index (Phi) is 3.31. The minimum Gasteiger partial charge on any atom is -0.339 e. The number of nitrogens with zero attached hydrogens (tertiary/aromatic N) is 2. The Labute approximate surface area is 66.8 Å². The topological polar surface area (TPSA) is 17.8 Å². The zero-order valence-corrected chi connectivity index (χ0v) is 7.63. The molecule has 1 rings (SSSR count). The molecule has 46 valence electrons. The van der Waals surface area contributed by atoms with Gasteiger partial charge in [0, 0.05) is 13.2 Å². The van der Waals surface area contributed by atoms with Crippen molar-refractivity contribution >= 4 is 32.9 Å². The SMILES string of the molecule is Br.Cn1cnc(Br)c1. The number of rotatable bonds is 0. The van der Waals surface area contributed by atoms with Crippen molar-refractivity contribution in [2.24, 2.45) is 7.05 Å². The van der Waals surface area contributed by atoms with E-state index in [-0.39, 0.29) is 17.0 Å². The molecule has 0 N–H and O–H groups in total. The molecule has 1 aromatic heterocycles. The number of hydrogen-bond donors (Lipinski definition) is 0. The number of aryl methyl sites for hydroxylation is 1. The van der Waals surface area contributed by atoms with Crippen LogP contribution < -0.4 is 0 Å². The highest BCUT2D eigenvalue weighted by molar-refractivity contribution is 9.10. The van der Waals surface area contributed by atoms with Crippen LogP contribution in [-0.2, 0) is 7.05 Å². The fourth-order valence-electron chi connectivity index (χ4n) is 0.381. The maximum atomic E-state index is 3.90. The van der Waals surface area contributed by atoms with E-state index in [0.717, 1.165) is 4.60 Å². The van der Waals surface area contributed by atoms with Gasteiger partial charge in [0.1, 0.15) is 4.60 Å². The van der Waals surface area contributed by atoms with Gasteiger partial charge in [0.05, 0.1) is 6.33 Å². The van der Waals surface area contributed by atoms with Crippen LogP contribution in [0.2, 0.25) is 0 Å². The number of halogens is 2. The average Bonchev–Trinajstić information content (AvgIpc) is 1.87. The monoisotopic (exact) mass is 240 g/mol. The minimum atomic E-state index is 0. The van der Waals surface area contributed by atoms with Crippen LogP contribution in [-0.4, -0.2) is 9.55 Å². The van der Waals surface area contributed by atoms with Crippen molar-refractivity contribution in [1.29, 1.82) is 0 Å². The molecule has 4 heteroatoms. The van der Waals surface area contributed by atoms with E-state index >= 15 is 0 Å². The van der Waals surface area contributed by atoms with Gasteiger partial charge in [-0.2, -0.15) is 0 Å². The van der Waals surface area contributed by atoms with Gasteiger partial charge in [-0.1, -0.05) is 0 Å². The van der Waals surface area contributed by atoms with Gasteiger partial charge in [0.2, 0.25) is 0 Å². The van der Waals surface area contributed by atoms with Crippen LogP contribution in [0.5, 0.6) is 0 Å². The van der Waals surface area contributed by atoms with Gasteiger partial charge in [0.15, 0.2) is 0 Å². The van der Waals surface area contributed by atoms with Crippen molar-refractivity contribution in [3.63, 3.8) is 0 Å². The first-order valence-electron chi connectivity index (χ1n) is 1.92. The second-order valence-electron chi connectivity index (χ2n) is 1.36. The Morgan fingerprint density at radius 1 is 1.75 bits per heavy atom. The van der Waals surface area contributed by atoms with Crippen molar-refractivity contribution in [1.82, 2.24) is 9.55 Å². The molecule has 8 heavy (non-hydrogen) atoms. The van der Waals surface area contributed by atoms with Crippen LogP contribution in [0.25, 0.3) is 0 Å². The van der Waals surface area contributed by atoms with E-state index in [1.807, 2.05) is 17.8 Å². The van der Waals surface area contributed by atoms with E-state index in [1.165, 1.54) is 0 Å². The van der Waals surface area contributed by atoms with E-state index < -0.39 is 0 Å². The molecular weight excluding hydrogens is 236 g/mol. The lowest BCUT2D eigenvalue weighted by atomic mass is 10.9. The summed E-state index contributed by atoms with van der Waals surface area (Å²) in [7, 11) is 1.93. The number of hydrogen-bond acceptors (Lipinski definition) is 1. The lowest BCUT2D eigenvalue weighted by Crippen LogP contribution is -1.76.